The molecule has 5 rings (SSSR count). The molecular formula is C26H26N6O. The van der Waals surface area contributed by atoms with E-state index in [0.29, 0.717) is 23.3 Å². The predicted molar refractivity (Wildman–Crippen MR) is 126 cm³/mol. The van der Waals surface area contributed by atoms with Gasteiger partial charge < -0.3 is 20.1 Å². The van der Waals surface area contributed by atoms with Crippen LogP contribution in [0.3, 0.4) is 0 Å². The number of rotatable bonds is 8. The first-order valence-corrected chi connectivity index (χ1v) is 11.0. The normalized spacial score (nSPS) is 15.1. The highest BCUT2D eigenvalue weighted by Crippen LogP contribution is 2.45. The van der Waals surface area contributed by atoms with Crippen LogP contribution in [0.15, 0.2) is 91.8 Å². The number of imidazole rings is 3. The Morgan fingerprint density at radius 3 is 2.33 bits per heavy atom. The van der Waals surface area contributed by atoms with E-state index in [4.69, 9.17) is 4.98 Å². The lowest BCUT2D eigenvalue weighted by molar-refractivity contribution is 0.110. The van der Waals surface area contributed by atoms with Crippen LogP contribution in [0.1, 0.15) is 53.1 Å². The smallest absolute Gasteiger partial charge is 0.142 e. The van der Waals surface area contributed by atoms with Crippen molar-refractivity contribution in [2.75, 3.05) is 0 Å². The number of nitrogens with zero attached hydrogens (tertiary/aromatic N) is 3. The Kier molecular flexibility index (Phi) is 5.62. The summed E-state index contributed by atoms with van der Waals surface area (Å²) in [6.45, 7) is 2.20. The molecule has 0 aliphatic carbocycles. The highest BCUT2D eigenvalue weighted by molar-refractivity contribution is 5.45. The van der Waals surface area contributed by atoms with Crippen LogP contribution >= 0.6 is 0 Å². The van der Waals surface area contributed by atoms with Crippen molar-refractivity contribution in [2.24, 2.45) is 0 Å². The minimum Gasteiger partial charge on any atom is -0.385 e. The van der Waals surface area contributed by atoms with E-state index in [1.54, 1.807) is 24.9 Å². The summed E-state index contributed by atoms with van der Waals surface area (Å²) in [4.78, 5) is 23.3. The number of aliphatic hydroxyl groups excluding tert-OH is 1. The quantitative estimate of drug-likeness (QED) is 0.290. The monoisotopic (exact) mass is 438 g/mol. The van der Waals surface area contributed by atoms with Crippen LogP contribution in [0.5, 0.6) is 0 Å². The third-order valence-corrected chi connectivity index (χ3v) is 6.22. The van der Waals surface area contributed by atoms with Crippen molar-refractivity contribution in [1.29, 1.82) is 0 Å². The van der Waals surface area contributed by atoms with Gasteiger partial charge in [0.1, 0.15) is 23.2 Å². The Balaban J connectivity index is 1.63. The van der Waals surface area contributed by atoms with Crippen LogP contribution in [0.4, 0.5) is 0 Å². The van der Waals surface area contributed by atoms with Crippen LogP contribution < -0.4 is 0 Å². The molecule has 0 aliphatic rings. The molecule has 5 aromatic rings. The second-order valence-corrected chi connectivity index (χ2v) is 8.29. The van der Waals surface area contributed by atoms with Crippen molar-refractivity contribution >= 4 is 0 Å². The molecule has 3 aromatic heterocycles. The molecule has 3 unspecified atom stereocenters. The number of benzene rings is 2. The number of H-pyrrole nitrogens is 3. The molecule has 3 heterocycles. The lowest BCUT2D eigenvalue weighted by Gasteiger charge is -2.35. The largest absolute Gasteiger partial charge is 0.385 e. The van der Waals surface area contributed by atoms with Gasteiger partial charge in [-0.15, -0.1) is 0 Å². The van der Waals surface area contributed by atoms with Crippen molar-refractivity contribution in [3.05, 3.63) is 126 Å². The number of aromatic nitrogens is 6. The van der Waals surface area contributed by atoms with Crippen LogP contribution in [0, 0.1) is 0 Å². The molecule has 0 saturated carbocycles. The van der Waals surface area contributed by atoms with E-state index in [9.17, 15) is 5.11 Å². The minimum atomic E-state index is -1.09. The highest BCUT2D eigenvalue weighted by Gasteiger charge is 2.49. The summed E-state index contributed by atoms with van der Waals surface area (Å²) in [5.41, 5.74) is 2.60. The standard InChI is InChI=1S/C26H26N6O/c1-18(19-8-4-2-5-9-19)14-21-15-30-25(32-21)26(24-28-12-13-29-24,20-10-6-3-7-11-20)23(33)22-16-27-17-31-22/h2-13,15-18,23,33H,14H2,1H3,(H,27,31)(H,28,29)(H,30,32). The number of hydrogen-bond acceptors (Lipinski definition) is 4. The Hall–Kier alpha value is -3.97. The van der Waals surface area contributed by atoms with E-state index in [0.717, 1.165) is 17.7 Å². The van der Waals surface area contributed by atoms with E-state index < -0.39 is 11.5 Å². The van der Waals surface area contributed by atoms with Crippen molar-refractivity contribution in [3.8, 4) is 0 Å². The molecule has 0 fully saturated rings. The van der Waals surface area contributed by atoms with Gasteiger partial charge in [0.25, 0.3) is 0 Å². The van der Waals surface area contributed by atoms with Gasteiger partial charge in [-0.2, -0.15) is 0 Å². The molecule has 0 amide bonds. The fraction of sp³-hybridized carbons (Fsp3) is 0.192. The molecular weight excluding hydrogens is 412 g/mol. The Morgan fingerprint density at radius 1 is 0.909 bits per heavy atom. The van der Waals surface area contributed by atoms with Crippen LogP contribution in [0.25, 0.3) is 0 Å². The van der Waals surface area contributed by atoms with Crippen molar-refractivity contribution in [2.45, 2.75) is 30.8 Å². The summed E-state index contributed by atoms with van der Waals surface area (Å²) >= 11 is 0. The van der Waals surface area contributed by atoms with Crippen molar-refractivity contribution in [3.63, 3.8) is 0 Å². The third kappa shape index (κ3) is 3.76. The highest BCUT2D eigenvalue weighted by atomic mass is 16.3. The number of aromatic amines is 3. The second kappa shape index (κ2) is 8.88. The molecule has 2 aromatic carbocycles. The third-order valence-electron chi connectivity index (χ3n) is 6.22. The first-order valence-electron chi connectivity index (χ1n) is 11.0. The maximum atomic E-state index is 11.8. The van der Waals surface area contributed by atoms with Gasteiger partial charge in [0.15, 0.2) is 0 Å². The van der Waals surface area contributed by atoms with E-state index in [-0.39, 0.29) is 0 Å². The lowest BCUT2D eigenvalue weighted by Crippen LogP contribution is -2.39. The van der Waals surface area contributed by atoms with E-state index in [2.05, 4.69) is 56.1 Å². The molecule has 0 radical (unpaired) electrons. The average Bonchev–Trinajstić information content (AvgIpc) is 3.64. The summed E-state index contributed by atoms with van der Waals surface area (Å²) in [6.07, 6.45) is 8.27. The van der Waals surface area contributed by atoms with E-state index in [1.165, 1.54) is 5.56 Å². The van der Waals surface area contributed by atoms with Gasteiger partial charge in [0.05, 0.1) is 18.2 Å². The first-order chi connectivity index (χ1) is 16.2. The van der Waals surface area contributed by atoms with E-state index in [1.807, 2.05) is 42.6 Å². The summed E-state index contributed by atoms with van der Waals surface area (Å²) in [5.74, 6) is 1.51. The SMILES string of the molecule is CC(Cc1cnc(C(c2ccccc2)(c2ncc[nH]2)C(O)c2cnc[nH]2)[nH]1)c1ccccc1. The van der Waals surface area contributed by atoms with Gasteiger partial charge >= 0.3 is 0 Å². The summed E-state index contributed by atoms with van der Waals surface area (Å²) in [6, 6.07) is 20.2. The van der Waals surface area contributed by atoms with Crippen LogP contribution in [0.2, 0.25) is 0 Å². The van der Waals surface area contributed by atoms with Gasteiger partial charge in [-0.25, -0.2) is 15.0 Å². The van der Waals surface area contributed by atoms with E-state index >= 15 is 0 Å². The fourth-order valence-electron chi connectivity index (χ4n) is 4.53. The fourth-order valence-corrected chi connectivity index (χ4v) is 4.53. The van der Waals surface area contributed by atoms with Crippen LogP contribution in [-0.2, 0) is 11.8 Å². The molecule has 3 atom stereocenters. The molecule has 166 valence electrons. The maximum absolute atomic E-state index is 11.8. The second-order valence-electron chi connectivity index (χ2n) is 8.29. The van der Waals surface area contributed by atoms with Gasteiger partial charge in [-0.3, -0.25) is 0 Å². The molecule has 7 nitrogen and oxygen atoms in total. The molecule has 0 aliphatic heterocycles. The summed E-state index contributed by atoms with van der Waals surface area (Å²) < 4.78 is 0. The zero-order valence-electron chi connectivity index (χ0n) is 18.3. The minimum absolute atomic E-state index is 0.312. The molecule has 0 bridgehead atoms. The van der Waals surface area contributed by atoms with Gasteiger partial charge in [0, 0.05) is 24.3 Å². The van der Waals surface area contributed by atoms with Crippen molar-refractivity contribution in [1.82, 2.24) is 29.9 Å². The molecule has 4 N–H and O–H groups in total. The number of nitrogens with one attached hydrogen (secondary N) is 3. The molecule has 33 heavy (non-hydrogen) atoms. The van der Waals surface area contributed by atoms with Crippen molar-refractivity contribution < 1.29 is 5.11 Å². The zero-order chi connectivity index (χ0) is 22.7. The molecule has 7 heteroatoms. The Labute approximate surface area is 192 Å². The Bertz CT molecular complexity index is 1270. The molecule has 0 spiro atoms. The average molecular weight is 439 g/mol. The topological polar surface area (TPSA) is 106 Å². The summed E-state index contributed by atoms with van der Waals surface area (Å²) in [5, 5.41) is 11.8. The lowest BCUT2D eigenvalue weighted by atomic mass is 9.73. The predicted octanol–water partition coefficient (Wildman–Crippen LogP) is 4.27. The Morgan fingerprint density at radius 2 is 1.67 bits per heavy atom. The van der Waals surface area contributed by atoms with Gasteiger partial charge in [-0.1, -0.05) is 67.6 Å². The number of hydrogen-bond donors (Lipinski definition) is 4. The summed E-state index contributed by atoms with van der Waals surface area (Å²) in [7, 11) is 0. The first kappa shape index (κ1) is 20.9. The maximum Gasteiger partial charge on any atom is 0.142 e. The number of aliphatic hydroxyl groups is 1. The van der Waals surface area contributed by atoms with Gasteiger partial charge in [-0.05, 0) is 23.5 Å². The zero-order valence-corrected chi connectivity index (χ0v) is 18.3. The molecule has 0 saturated heterocycles. The van der Waals surface area contributed by atoms with Gasteiger partial charge in [0.2, 0.25) is 0 Å². The van der Waals surface area contributed by atoms with Crippen LogP contribution in [-0.4, -0.2) is 35.0 Å².